The van der Waals surface area contributed by atoms with Gasteiger partial charge in [-0.15, -0.1) is 0 Å². The quantitative estimate of drug-likeness (QED) is 0.705. The van der Waals surface area contributed by atoms with E-state index in [2.05, 4.69) is 10.2 Å². The summed E-state index contributed by atoms with van der Waals surface area (Å²) in [6.45, 7) is 6.81. The van der Waals surface area contributed by atoms with E-state index in [1.807, 2.05) is 44.2 Å². The Kier molecular flexibility index (Phi) is 7.52. The van der Waals surface area contributed by atoms with Crippen molar-refractivity contribution in [3.8, 4) is 0 Å². The Balaban J connectivity index is 1.47. The molecule has 1 heterocycles. The predicted molar refractivity (Wildman–Crippen MR) is 119 cm³/mol. The molecule has 162 valence electrons. The van der Waals surface area contributed by atoms with Gasteiger partial charge in [0.15, 0.2) is 0 Å². The number of carbonyl (C=O) groups excluding carboxylic acids is 1. The van der Waals surface area contributed by atoms with Gasteiger partial charge in [-0.25, -0.2) is 8.42 Å². The van der Waals surface area contributed by atoms with Gasteiger partial charge in [-0.1, -0.05) is 41.9 Å². The van der Waals surface area contributed by atoms with E-state index in [9.17, 15) is 13.2 Å². The fraction of sp³-hybridized carbons (Fsp3) is 0.409. The molecule has 1 aliphatic heterocycles. The van der Waals surface area contributed by atoms with E-state index in [1.165, 1.54) is 0 Å². The first-order valence-corrected chi connectivity index (χ1v) is 11.9. The highest BCUT2D eigenvalue weighted by Gasteiger charge is 2.29. The first-order chi connectivity index (χ1) is 14.3. The minimum absolute atomic E-state index is 0.0413. The number of hydrogen-bond donors (Lipinski definition) is 1. The van der Waals surface area contributed by atoms with Crippen molar-refractivity contribution in [3.05, 3.63) is 64.2 Å². The minimum atomic E-state index is -3.50. The van der Waals surface area contributed by atoms with Gasteiger partial charge in [-0.05, 0) is 42.7 Å². The Hall–Kier alpha value is -1.93. The first-order valence-electron chi connectivity index (χ1n) is 10.1. The molecular weight excluding hydrogens is 422 g/mol. The van der Waals surface area contributed by atoms with Gasteiger partial charge in [-0.2, -0.15) is 4.31 Å². The molecule has 0 aliphatic carbocycles. The Labute approximate surface area is 183 Å². The largest absolute Gasteiger partial charge is 0.352 e. The van der Waals surface area contributed by atoms with Crippen molar-refractivity contribution in [2.45, 2.75) is 31.7 Å². The summed E-state index contributed by atoms with van der Waals surface area (Å²) in [6, 6.07) is 12.9. The fourth-order valence-electron chi connectivity index (χ4n) is 3.50. The van der Waals surface area contributed by atoms with Crippen molar-refractivity contribution < 1.29 is 13.2 Å². The average molecular weight is 450 g/mol. The van der Waals surface area contributed by atoms with Crippen LogP contribution in [0.3, 0.4) is 0 Å². The second-order valence-corrected chi connectivity index (χ2v) is 9.95. The van der Waals surface area contributed by atoms with E-state index >= 15 is 0 Å². The Bertz CT molecular complexity index is 1000. The van der Waals surface area contributed by atoms with Crippen molar-refractivity contribution in [1.29, 1.82) is 0 Å². The van der Waals surface area contributed by atoms with Crippen LogP contribution in [0.4, 0.5) is 0 Å². The van der Waals surface area contributed by atoms with Crippen LogP contribution in [0.15, 0.2) is 47.4 Å². The maximum Gasteiger partial charge on any atom is 0.243 e. The molecule has 0 aromatic heterocycles. The average Bonchev–Trinajstić information content (AvgIpc) is 2.73. The normalized spacial score (nSPS) is 15.8. The molecule has 0 bridgehead atoms. The Morgan fingerprint density at radius 1 is 1.07 bits per heavy atom. The molecule has 30 heavy (non-hydrogen) atoms. The zero-order valence-corrected chi connectivity index (χ0v) is 19.0. The topological polar surface area (TPSA) is 69.7 Å². The van der Waals surface area contributed by atoms with Crippen LogP contribution >= 0.6 is 11.6 Å². The standard InChI is InChI=1S/C22H28ClN3O3S/c1-17-7-8-18(2)21(15-17)30(28,29)26-13-11-25(12-14-26)10-9-22(27)24-16-19-5-3-4-6-20(19)23/h3-8,15H,9-14,16H2,1-2H3,(H,24,27). The highest BCUT2D eigenvalue weighted by molar-refractivity contribution is 7.89. The zero-order chi connectivity index (χ0) is 21.7. The number of nitrogens with one attached hydrogen (secondary N) is 1. The van der Waals surface area contributed by atoms with Crippen molar-refractivity contribution in [1.82, 2.24) is 14.5 Å². The van der Waals surface area contributed by atoms with Crippen LogP contribution in [0.1, 0.15) is 23.1 Å². The monoisotopic (exact) mass is 449 g/mol. The van der Waals surface area contributed by atoms with E-state index in [0.717, 1.165) is 16.7 Å². The van der Waals surface area contributed by atoms with Crippen LogP contribution < -0.4 is 5.32 Å². The van der Waals surface area contributed by atoms with Crippen LogP contribution in [-0.2, 0) is 21.4 Å². The lowest BCUT2D eigenvalue weighted by atomic mass is 10.2. The number of carbonyl (C=O) groups is 1. The summed E-state index contributed by atoms with van der Waals surface area (Å²) in [6.07, 6.45) is 0.369. The summed E-state index contributed by atoms with van der Waals surface area (Å²) in [5.74, 6) is -0.0413. The Morgan fingerprint density at radius 2 is 1.77 bits per heavy atom. The molecule has 8 heteroatoms. The maximum atomic E-state index is 13.0. The van der Waals surface area contributed by atoms with Crippen molar-refractivity contribution in [2.24, 2.45) is 0 Å². The summed E-state index contributed by atoms with van der Waals surface area (Å²) < 4.78 is 27.6. The van der Waals surface area contributed by atoms with E-state index in [0.29, 0.717) is 55.6 Å². The number of aryl methyl sites for hydroxylation is 2. The molecular formula is C22H28ClN3O3S. The van der Waals surface area contributed by atoms with Crippen molar-refractivity contribution >= 4 is 27.5 Å². The van der Waals surface area contributed by atoms with Crippen molar-refractivity contribution in [2.75, 3.05) is 32.7 Å². The molecule has 0 spiro atoms. The number of piperazine rings is 1. The third-order valence-electron chi connectivity index (χ3n) is 5.38. The highest BCUT2D eigenvalue weighted by Crippen LogP contribution is 2.22. The number of rotatable bonds is 7. The van der Waals surface area contributed by atoms with Gasteiger partial charge in [-0.3, -0.25) is 4.79 Å². The lowest BCUT2D eigenvalue weighted by Crippen LogP contribution is -2.49. The number of nitrogens with zero attached hydrogens (tertiary/aromatic N) is 2. The molecule has 1 amide bonds. The van der Waals surface area contributed by atoms with Gasteiger partial charge in [0.2, 0.25) is 15.9 Å². The van der Waals surface area contributed by atoms with E-state index in [4.69, 9.17) is 11.6 Å². The minimum Gasteiger partial charge on any atom is -0.352 e. The van der Waals surface area contributed by atoms with Crippen molar-refractivity contribution in [3.63, 3.8) is 0 Å². The van der Waals surface area contributed by atoms with E-state index < -0.39 is 10.0 Å². The second-order valence-electron chi connectivity index (χ2n) is 7.63. The Morgan fingerprint density at radius 3 is 2.47 bits per heavy atom. The molecule has 1 aliphatic rings. The van der Waals surface area contributed by atoms with E-state index in [1.54, 1.807) is 16.4 Å². The molecule has 2 aromatic carbocycles. The van der Waals surface area contributed by atoms with Gasteiger partial charge < -0.3 is 10.2 Å². The number of hydrogen-bond acceptors (Lipinski definition) is 4. The molecule has 1 fully saturated rings. The van der Waals surface area contributed by atoms with Crippen LogP contribution in [0.25, 0.3) is 0 Å². The molecule has 0 unspecified atom stereocenters. The predicted octanol–water partition coefficient (Wildman–Crippen LogP) is 2.97. The lowest BCUT2D eigenvalue weighted by molar-refractivity contribution is -0.121. The molecule has 0 saturated carbocycles. The van der Waals surface area contributed by atoms with Gasteiger partial charge in [0.05, 0.1) is 4.90 Å². The van der Waals surface area contributed by atoms with Gasteiger partial charge in [0.25, 0.3) is 0 Å². The van der Waals surface area contributed by atoms with Crippen LogP contribution in [-0.4, -0.2) is 56.3 Å². The highest BCUT2D eigenvalue weighted by atomic mass is 35.5. The fourth-order valence-corrected chi connectivity index (χ4v) is 5.44. The molecule has 1 saturated heterocycles. The van der Waals surface area contributed by atoms with Gasteiger partial charge in [0.1, 0.15) is 0 Å². The summed E-state index contributed by atoms with van der Waals surface area (Å²) in [5.41, 5.74) is 2.58. The summed E-state index contributed by atoms with van der Waals surface area (Å²) in [5, 5.41) is 3.53. The zero-order valence-electron chi connectivity index (χ0n) is 17.4. The van der Waals surface area contributed by atoms with Crippen LogP contribution in [0, 0.1) is 13.8 Å². The summed E-state index contributed by atoms with van der Waals surface area (Å²) >= 11 is 6.11. The first kappa shape index (κ1) is 22.7. The molecule has 3 rings (SSSR count). The summed E-state index contributed by atoms with van der Waals surface area (Å²) in [4.78, 5) is 14.7. The molecule has 0 atom stereocenters. The van der Waals surface area contributed by atoms with E-state index in [-0.39, 0.29) is 5.91 Å². The number of benzene rings is 2. The molecule has 0 radical (unpaired) electrons. The van der Waals surface area contributed by atoms with Crippen LogP contribution in [0.5, 0.6) is 0 Å². The molecule has 1 N–H and O–H groups in total. The third-order valence-corrected chi connectivity index (χ3v) is 7.79. The lowest BCUT2D eigenvalue weighted by Gasteiger charge is -2.34. The second kappa shape index (κ2) is 9.92. The SMILES string of the molecule is Cc1ccc(C)c(S(=O)(=O)N2CCN(CCC(=O)NCc3ccccc3Cl)CC2)c1. The van der Waals surface area contributed by atoms with Gasteiger partial charge >= 0.3 is 0 Å². The van der Waals surface area contributed by atoms with Gasteiger partial charge in [0, 0.05) is 50.7 Å². The molecule has 6 nitrogen and oxygen atoms in total. The summed E-state index contributed by atoms with van der Waals surface area (Å²) in [7, 11) is -3.50. The number of halogens is 1. The van der Waals surface area contributed by atoms with Crippen LogP contribution in [0.2, 0.25) is 5.02 Å². The maximum absolute atomic E-state index is 13.0. The smallest absolute Gasteiger partial charge is 0.243 e. The molecule has 2 aromatic rings. The third kappa shape index (κ3) is 5.60. The number of sulfonamides is 1. The number of amides is 1.